The predicted molar refractivity (Wildman–Crippen MR) is 112 cm³/mol. The van der Waals surface area contributed by atoms with Crippen molar-refractivity contribution in [1.82, 2.24) is 5.32 Å². The Morgan fingerprint density at radius 2 is 0.783 bits per heavy atom. The van der Waals surface area contributed by atoms with E-state index in [-0.39, 0.29) is 0 Å². The molecule has 0 rings (SSSR count). The lowest BCUT2D eigenvalue weighted by Gasteiger charge is -2.04. The molecular weight excluding hydrogens is 294 g/mol. The molecule has 0 aromatic carbocycles. The SMILES string of the molecule is CCCCCCCCCCCCCCCCCCCCNC[SiH3]. The monoisotopic (exact) mass is 341 g/mol. The number of hydrogen-bond donors (Lipinski definition) is 1. The highest BCUT2D eigenvalue weighted by atomic mass is 28.1. The van der Waals surface area contributed by atoms with Crippen molar-refractivity contribution in [3.63, 3.8) is 0 Å². The molecule has 0 aromatic heterocycles. The fourth-order valence-corrected chi connectivity index (χ4v) is 3.68. The second kappa shape index (κ2) is 22.2. The van der Waals surface area contributed by atoms with E-state index >= 15 is 0 Å². The van der Waals surface area contributed by atoms with Crippen molar-refractivity contribution in [1.29, 1.82) is 0 Å². The van der Waals surface area contributed by atoms with Crippen LogP contribution in [0.5, 0.6) is 0 Å². The van der Waals surface area contributed by atoms with E-state index in [0.29, 0.717) is 0 Å². The molecule has 0 aliphatic carbocycles. The summed E-state index contributed by atoms with van der Waals surface area (Å²) in [4.78, 5) is 0. The van der Waals surface area contributed by atoms with Crippen LogP contribution in [-0.4, -0.2) is 23.0 Å². The first-order chi connectivity index (χ1) is 11.4. The minimum absolute atomic E-state index is 1.25. The molecule has 0 fully saturated rings. The van der Waals surface area contributed by atoms with E-state index in [1.165, 1.54) is 139 Å². The number of rotatable bonds is 20. The summed E-state index contributed by atoms with van der Waals surface area (Å²) in [5.41, 5.74) is 0. The smallest absolute Gasteiger partial charge is 0.0201 e. The summed E-state index contributed by atoms with van der Waals surface area (Å²) in [6, 6.07) is 0. The Bertz CT molecular complexity index is 176. The van der Waals surface area contributed by atoms with E-state index in [0.717, 1.165) is 0 Å². The topological polar surface area (TPSA) is 12.0 Å². The molecule has 0 aliphatic heterocycles. The van der Waals surface area contributed by atoms with Gasteiger partial charge in [-0.05, 0) is 19.1 Å². The molecule has 0 saturated carbocycles. The zero-order valence-corrected chi connectivity index (χ0v) is 18.6. The Morgan fingerprint density at radius 3 is 1.09 bits per heavy atom. The first-order valence-corrected chi connectivity index (χ1v) is 12.5. The summed E-state index contributed by atoms with van der Waals surface area (Å²) in [6.07, 6.45) is 27.6. The van der Waals surface area contributed by atoms with E-state index in [1.807, 2.05) is 0 Å². The molecular formula is C21H47NSi. The van der Waals surface area contributed by atoms with Gasteiger partial charge >= 0.3 is 0 Å². The van der Waals surface area contributed by atoms with E-state index in [9.17, 15) is 0 Å². The Morgan fingerprint density at radius 1 is 0.478 bits per heavy atom. The molecule has 1 N–H and O–H groups in total. The van der Waals surface area contributed by atoms with Crippen molar-refractivity contribution in [3.8, 4) is 0 Å². The van der Waals surface area contributed by atoms with Crippen molar-refractivity contribution in [2.45, 2.75) is 122 Å². The molecule has 0 unspecified atom stereocenters. The summed E-state index contributed by atoms with van der Waals surface area (Å²) >= 11 is 0. The van der Waals surface area contributed by atoms with Gasteiger partial charge in [-0.15, -0.1) is 0 Å². The van der Waals surface area contributed by atoms with Crippen LogP contribution < -0.4 is 5.32 Å². The molecule has 0 aliphatic rings. The van der Waals surface area contributed by atoms with Crippen LogP contribution in [0.25, 0.3) is 0 Å². The van der Waals surface area contributed by atoms with Gasteiger partial charge in [-0.1, -0.05) is 116 Å². The van der Waals surface area contributed by atoms with Crippen molar-refractivity contribution < 1.29 is 0 Å². The largest absolute Gasteiger partial charge is 0.320 e. The molecule has 1 nitrogen and oxygen atoms in total. The molecule has 0 radical (unpaired) electrons. The fourth-order valence-electron chi connectivity index (χ4n) is 3.33. The van der Waals surface area contributed by atoms with Crippen LogP contribution in [0.4, 0.5) is 0 Å². The third-order valence-electron chi connectivity index (χ3n) is 4.96. The van der Waals surface area contributed by atoms with E-state index < -0.39 is 0 Å². The minimum Gasteiger partial charge on any atom is -0.320 e. The number of unbranched alkanes of at least 4 members (excludes halogenated alkanes) is 17. The van der Waals surface area contributed by atoms with Gasteiger partial charge in [0.25, 0.3) is 0 Å². The van der Waals surface area contributed by atoms with Crippen molar-refractivity contribution >= 4 is 10.2 Å². The lowest BCUT2D eigenvalue weighted by atomic mass is 10.0. The Labute approximate surface area is 151 Å². The van der Waals surface area contributed by atoms with Crippen LogP contribution in [0.1, 0.15) is 122 Å². The highest BCUT2D eigenvalue weighted by Crippen LogP contribution is 2.14. The molecule has 23 heavy (non-hydrogen) atoms. The molecule has 0 amide bonds. The molecule has 2 heteroatoms. The minimum atomic E-state index is 1.25. The van der Waals surface area contributed by atoms with Crippen LogP contribution in [0.15, 0.2) is 0 Å². The average Bonchev–Trinajstić information content (AvgIpc) is 2.57. The maximum atomic E-state index is 3.46. The van der Waals surface area contributed by atoms with Crippen LogP contribution in [0.2, 0.25) is 0 Å². The molecule has 0 atom stereocenters. The fraction of sp³-hybridized carbons (Fsp3) is 1.00. The van der Waals surface area contributed by atoms with Gasteiger partial charge in [-0.2, -0.15) is 0 Å². The average molecular weight is 342 g/mol. The van der Waals surface area contributed by atoms with Crippen LogP contribution in [-0.2, 0) is 0 Å². The molecule has 0 spiro atoms. The van der Waals surface area contributed by atoms with Crippen LogP contribution in [0, 0.1) is 0 Å². The third-order valence-corrected chi connectivity index (χ3v) is 5.46. The van der Waals surface area contributed by atoms with Crippen molar-refractivity contribution in [2.75, 3.05) is 12.7 Å². The molecule has 0 heterocycles. The first kappa shape index (κ1) is 23.2. The Kier molecular flexibility index (Phi) is 22.3. The highest BCUT2D eigenvalue weighted by Gasteiger charge is 1.94. The van der Waals surface area contributed by atoms with E-state index in [4.69, 9.17) is 0 Å². The number of hydrogen-bond acceptors (Lipinski definition) is 1. The van der Waals surface area contributed by atoms with Gasteiger partial charge in [0.1, 0.15) is 0 Å². The first-order valence-electron chi connectivity index (χ1n) is 11.1. The standard InChI is InChI=1S/C21H47NSi/c1-2-3-4-5-6-7-8-9-10-11-12-13-14-15-16-17-18-19-20-22-21-23/h22H,2-21H2,1,23H3. The summed E-state index contributed by atoms with van der Waals surface area (Å²) in [5.74, 6) is 0. The van der Waals surface area contributed by atoms with Crippen LogP contribution in [0.3, 0.4) is 0 Å². The summed E-state index contributed by atoms with van der Waals surface area (Å²) in [7, 11) is 1.30. The summed E-state index contributed by atoms with van der Waals surface area (Å²) in [5, 5.41) is 3.46. The number of nitrogens with one attached hydrogen (secondary N) is 1. The zero-order valence-electron chi connectivity index (χ0n) is 16.6. The Hall–Kier alpha value is 0.177. The van der Waals surface area contributed by atoms with E-state index in [1.54, 1.807) is 0 Å². The van der Waals surface area contributed by atoms with Crippen molar-refractivity contribution in [3.05, 3.63) is 0 Å². The Balaban J connectivity index is 2.92. The van der Waals surface area contributed by atoms with Gasteiger partial charge in [-0.3, -0.25) is 0 Å². The normalized spacial score (nSPS) is 11.3. The summed E-state index contributed by atoms with van der Waals surface area (Å²) in [6.45, 7) is 3.55. The highest BCUT2D eigenvalue weighted by molar-refractivity contribution is 6.08. The lowest BCUT2D eigenvalue weighted by Crippen LogP contribution is -2.16. The molecule has 0 saturated heterocycles. The van der Waals surface area contributed by atoms with Crippen molar-refractivity contribution in [2.24, 2.45) is 0 Å². The lowest BCUT2D eigenvalue weighted by molar-refractivity contribution is 0.523. The molecule has 0 bridgehead atoms. The van der Waals surface area contributed by atoms with Gasteiger partial charge in [0.2, 0.25) is 0 Å². The zero-order chi connectivity index (χ0) is 16.8. The predicted octanol–water partition coefficient (Wildman–Crippen LogP) is 5.94. The van der Waals surface area contributed by atoms with E-state index in [2.05, 4.69) is 12.2 Å². The van der Waals surface area contributed by atoms with Gasteiger partial charge < -0.3 is 5.32 Å². The summed E-state index contributed by atoms with van der Waals surface area (Å²) < 4.78 is 0. The maximum Gasteiger partial charge on any atom is 0.0201 e. The quantitative estimate of drug-likeness (QED) is 0.213. The van der Waals surface area contributed by atoms with Gasteiger partial charge in [0, 0.05) is 10.2 Å². The second-order valence-corrected chi connectivity index (χ2v) is 8.07. The van der Waals surface area contributed by atoms with Gasteiger partial charge in [0.05, 0.1) is 0 Å². The van der Waals surface area contributed by atoms with Gasteiger partial charge in [-0.25, -0.2) is 0 Å². The molecule has 0 aromatic rings. The maximum absolute atomic E-state index is 3.46. The second-order valence-electron chi connectivity index (χ2n) is 7.36. The van der Waals surface area contributed by atoms with Gasteiger partial charge in [0.15, 0.2) is 0 Å². The third kappa shape index (κ3) is 22.2. The van der Waals surface area contributed by atoms with Crippen LogP contribution >= 0.6 is 0 Å². The molecule has 140 valence electrons.